The molecule has 0 amide bonds. The number of epoxide rings is 3. The molecule has 4 heterocycles. The number of hydrogen-bond donors (Lipinski definition) is 0. The van der Waals surface area contributed by atoms with Gasteiger partial charge in [-0.2, -0.15) is 0 Å². The third-order valence-corrected chi connectivity index (χ3v) is 3.54. The van der Waals surface area contributed by atoms with E-state index >= 15 is 0 Å². The van der Waals surface area contributed by atoms with Crippen molar-refractivity contribution in [2.75, 3.05) is 19.8 Å². The molecule has 0 aliphatic carbocycles. The van der Waals surface area contributed by atoms with Crippen LogP contribution < -0.4 is 11.4 Å². The summed E-state index contributed by atoms with van der Waals surface area (Å²) < 4.78 is 19.6. The lowest BCUT2D eigenvalue weighted by molar-refractivity contribution is 0.314. The van der Waals surface area contributed by atoms with Crippen molar-refractivity contribution in [1.29, 1.82) is 0 Å². The Labute approximate surface area is 108 Å². The lowest BCUT2D eigenvalue weighted by Crippen LogP contribution is -2.31. The van der Waals surface area contributed by atoms with E-state index in [0.29, 0.717) is 39.5 Å². The number of hydrogen-bond acceptors (Lipinski definition) is 5. The zero-order valence-corrected chi connectivity index (χ0v) is 10.4. The maximum atomic E-state index is 12.3. The molecule has 0 N–H and O–H groups in total. The van der Waals surface area contributed by atoms with Gasteiger partial charge in [0.05, 0.1) is 45.6 Å². The predicted molar refractivity (Wildman–Crippen MR) is 62.2 cm³/mol. The molecular weight excluding hydrogens is 254 g/mol. The molecule has 3 fully saturated rings. The average Bonchev–Trinajstić information content (AvgIpc) is 3.26. The second kappa shape index (κ2) is 4.06. The molecule has 0 unspecified atom stereocenters. The van der Waals surface area contributed by atoms with Crippen molar-refractivity contribution < 1.29 is 14.2 Å². The zero-order valence-electron chi connectivity index (χ0n) is 10.4. The van der Waals surface area contributed by atoms with Crippen LogP contribution in [-0.2, 0) is 33.8 Å². The smallest absolute Gasteiger partial charge is 0.347 e. The highest BCUT2D eigenvalue weighted by molar-refractivity contribution is 4.84. The Kier molecular flexibility index (Phi) is 2.44. The largest absolute Gasteiger partial charge is 0.371 e. The summed E-state index contributed by atoms with van der Waals surface area (Å²) in [4.78, 5) is 24.6. The molecule has 0 aromatic carbocycles. The fourth-order valence-corrected chi connectivity index (χ4v) is 2.19. The Balaban J connectivity index is 1.70. The molecule has 0 bridgehead atoms. The van der Waals surface area contributed by atoms with E-state index in [0.717, 1.165) is 0 Å². The first kappa shape index (κ1) is 11.4. The highest BCUT2D eigenvalue weighted by Gasteiger charge is 2.32. The van der Waals surface area contributed by atoms with Gasteiger partial charge >= 0.3 is 11.4 Å². The molecule has 8 heteroatoms. The molecule has 3 aliphatic heterocycles. The Morgan fingerprint density at radius 1 is 0.789 bits per heavy atom. The second-order valence-corrected chi connectivity index (χ2v) is 5.21. The summed E-state index contributed by atoms with van der Waals surface area (Å²) in [6.45, 7) is 3.11. The van der Waals surface area contributed by atoms with Gasteiger partial charge < -0.3 is 14.2 Å². The molecule has 1 aromatic rings. The van der Waals surface area contributed by atoms with Gasteiger partial charge in [-0.25, -0.2) is 23.5 Å². The minimum atomic E-state index is -0.281. The molecule has 19 heavy (non-hydrogen) atoms. The van der Waals surface area contributed by atoms with Gasteiger partial charge in [-0.3, -0.25) is 0 Å². The van der Waals surface area contributed by atoms with Gasteiger partial charge in [0.15, 0.2) is 0 Å². The Bertz CT molecular complexity index is 557. The average molecular weight is 269 g/mol. The molecule has 104 valence electrons. The summed E-state index contributed by atoms with van der Waals surface area (Å²) in [6, 6.07) is 0. The number of rotatable bonds is 6. The fourth-order valence-electron chi connectivity index (χ4n) is 2.19. The Morgan fingerprint density at radius 3 is 1.53 bits per heavy atom. The van der Waals surface area contributed by atoms with E-state index in [1.54, 1.807) is 0 Å². The van der Waals surface area contributed by atoms with Crippen molar-refractivity contribution >= 4 is 0 Å². The number of aromatic nitrogens is 3. The quantitative estimate of drug-likeness (QED) is 0.558. The van der Waals surface area contributed by atoms with Crippen molar-refractivity contribution in [1.82, 2.24) is 13.9 Å². The summed E-state index contributed by atoms with van der Waals surface area (Å²) >= 11 is 0. The molecule has 1 aromatic heterocycles. The Hall–Kier alpha value is -1.38. The first-order valence-corrected chi connectivity index (χ1v) is 6.47. The van der Waals surface area contributed by atoms with Crippen LogP contribution in [0.1, 0.15) is 0 Å². The van der Waals surface area contributed by atoms with Gasteiger partial charge in [0.25, 0.3) is 0 Å². The SMILES string of the molecule is O=c1n(C[C@@H]2CO2)c(=O)n(C[C@@H]2CO2)n1C[C@H]1CO1. The molecule has 4 rings (SSSR count). The van der Waals surface area contributed by atoms with E-state index in [1.165, 1.54) is 13.9 Å². The molecule has 3 aliphatic rings. The third-order valence-electron chi connectivity index (χ3n) is 3.54. The first-order chi connectivity index (χ1) is 9.22. The van der Waals surface area contributed by atoms with Crippen LogP contribution in [-0.4, -0.2) is 52.1 Å². The highest BCUT2D eigenvalue weighted by atomic mass is 16.6. The van der Waals surface area contributed by atoms with Crippen LogP contribution in [0, 0.1) is 0 Å². The molecule has 8 nitrogen and oxygen atoms in total. The van der Waals surface area contributed by atoms with Gasteiger partial charge in [0.2, 0.25) is 0 Å². The van der Waals surface area contributed by atoms with E-state index in [4.69, 9.17) is 14.2 Å². The maximum absolute atomic E-state index is 12.3. The second-order valence-electron chi connectivity index (χ2n) is 5.21. The number of ether oxygens (including phenoxy) is 3. The van der Waals surface area contributed by atoms with E-state index < -0.39 is 0 Å². The van der Waals surface area contributed by atoms with Crippen LogP contribution in [0.3, 0.4) is 0 Å². The zero-order chi connectivity index (χ0) is 13.0. The lowest BCUT2D eigenvalue weighted by atomic mass is 10.5. The molecular formula is C11H15N3O5. The summed E-state index contributed by atoms with van der Waals surface area (Å²) in [6.07, 6.45) is 0.108. The van der Waals surface area contributed by atoms with Crippen LogP contribution in [0.4, 0.5) is 0 Å². The topological polar surface area (TPSA) is 86.5 Å². The van der Waals surface area contributed by atoms with Crippen LogP contribution in [0.25, 0.3) is 0 Å². The van der Waals surface area contributed by atoms with E-state index in [1.807, 2.05) is 0 Å². The standard InChI is InChI=1S/C11H15N3O5/c15-10-12(1-7-4-17-7)11(16)14(3-9-6-19-9)13(10)2-8-5-18-8/h7-9H,1-6H2/t7-,8-,9+/m1/s1. The molecule has 3 saturated heterocycles. The summed E-state index contributed by atoms with van der Waals surface area (Å²) in [5, 5.41) is 0. The summed E-state index contributed by atoms with van der Waals surface area (Å²) in [5.41, 5.74) is -0.562. The van der Waals surface area contributed by atoms with Crippen molar-refractivity contribution in [3.63, 3.8) is 0 Å². The van der Waals surface area contributed by atoms with Gasteiger partial charge in [-0.1, -0.05) is 0 Å². The van der Waals surface area contributed by atoms with Gasteiger partial charge in [-0.15, -0.1) is 0 Å². The maximum Gasteiger partial charge on any atom is 0.347 e. The van der Waals surface area contributed by atoms with Crippen molar-refractivity contribution in [2.45, 2.75) is 37.9 Å². The molecule has 3 atom stereocenters. The minimum Gasteiger partial charge on any atom is -0.371 e. The predicted octanol–water partition coefficient (Wildman–Crippen LogP) is -1.99. The van der Waals surface area contributed by atoms with E-state index in [-0.39, 0.29) is 29.7 Å². The normalized spacial score (nSPS) is 31.5. The van der Waals surface area contributed by atoms with E-state index in [9.17, 15) is 9.59 Å². The first-order valence-electron chi connectivity index (χ1n) is 6.47. The van der Waals surface area contributed by atoms with Crippen LogP contribution in [0.2, 0.25) is 0 Å². The van der Waals surface area contributed by atoms with Crippen LogP contribution in [0.15, 0.2) is 9.59 Å². The minimum absolute atomic E-state index is 0.00375. The number of nitrogens with zero attached hydrogens (tertiary/aromatic N) is 3. The fraction of sp³-hybridized carbons (Fsp3) is 0.818. The molecule has 0 spiro atoms. The van der Waals surface area contributed by atoms with Gasteiger partial charge in [0.1, 0.15) is 12.2 Å². The summed E-state index contributed by atoms with van der Waals surface area (Å²) in [5.74, 6) is 0. The highest BCUT2D eigenvalue weighted by Crippen LogP contribution is 2.14. The van der Waals surface area contributed by atoms with Crippen molar-refractivity contribution in [2.24, 2.45) is 0 Å². The molecule has 0 radical (unpaired) electrons. The van der Waals surface area contributed by atoms with Crippen molar-refractivity contribution in [3.8, 4) is 0 Å². The third kappa shape index (κ3) is 2.26. The van der Waals surface area contributed by atoms with Gasteiger partial charge in [-0.05, 0) is 0 Å². The monoisotopic (exact) mass is 269 g/mol. The van der Waals surface area contributed by atoms with Crippen LogP contribution >= 0.6 is 0 Å². The van der Waals surface area contributed by atoms with Crippen molar-refractivity contribution in [3.05, 3.63) is 21.0 Å². The van der Waals surface area contributed by atoms with Gasteiger partial charge in [0, 0.05) is 0 Å². The lowest BCUT2D eigenvalue weighted by Gasteiger charge is -2.05. The Morgan fingerprint density at radius 2 is 1.16 bits per heavy atom. The summed E-state index contributed by atoms with van der Waals surface area (Å²) in [7, 11) is 0. The van der Waals surface area contributed by atoms with Crippen LogP contribution in [0.5, 0.6) is 0 Å². The molecule has 0 saturated carbocycles. The van der Waals surface area contributed by atoms with E-state index in [2.05, 4.69) is 0 Å².